The minimum Gasteiger partial charge on any atom is -0.481 e. The van der Waals surface area contributed by atoms with Crippen molar-refractivity contribution in [1.82, 2.24) is 10.6 Å². The Morgan fingerprint density at radius 1 is 0.971 bits per heavy atom. The van der Waals surface area contributed by atoms with Crippen molar-refractivity contribution in [2.75, 3.05) is 6.61 Å². The minimum absolute atomic E-state index is 0.0645. The van der Waals surface area contributed by atoms with E-state index in [0.717, 1.165) is 35.1 Å². The summed E-state index contributed by atoms with van der Waals surface area (Å²) < 4.78 is 5.61. The molecular formula is C27H32N2O5. The van der Waals surface area contributed by atoms with Crippen LogP contribution in [-0.2, 0) is 14.3 Å². The summed E-state index contributed by atoms with van der Waals surface area (Å²) in [6.07, 6.45) is 1.49. The zero-order valence-electron chi connectivity index (χ0n) is 19.6. The Labute approximate surface area is 199 Å². The van der Waals surface area contributed by atoms with Gasteiger partial charge in [-0.2, -0.15) is 0 Å². The van der Waals surface area contributed by atoms with Crippen LogP contribution in [0.1, 0.15) is 56.6 Å². The van der Waals surface area contributed by atoms with Gasteiger partial charge in [-0.25, -0.2) is 4.79 Å². The van der Waals surface area contributed by atoms with E-state index in [0.29, 0.717) is 6.42 Å². The summed E-state index contributed by atoms with van der Waals surface area (Å²) in [5, 5.41) is 14.7. The number of nitrogens with one attached hydrogen (secondary N) is 2. The lowest BCUT2D eigenvalue weighted by Gasteiger charge is -2.24. The first-order valence-corrected chi connectivity index (χ1v) is 12.0. The summed E-state index contributed by atoms with van der Waals surface area (Å²) in [5.41, 5.74) is 4.53. The molecule has 2 aliphatic carbocycles. The fraction of sp³-hybridized carbons (Fsp3) is 0.444. The van der Waals surface area contributed by atoms with Crippen molar-refractivity contribution in [1.29, 1.82) is 0 Å². The quantitative estimate of drug-likeness (QED) is 0.486. The largest absolute Gasteiger partial charge is 0.481 e. The van der Waals surface area contributed by atoms with Crippen LogP contribution in [0, 0.1) is 11.8 Å². The molecule has 2 aliphatic rings. The standard InChI is InChI=1S/C27H32N2O5/c1-16(2)13-24(26(32)28-23(14-25(30)31)17-11-12-17)29-27(33)34-15-22-20-9-5-3-7-18(20)19-8-4-6-10-21(19)22/h3-10,16-17,22-24H,11-15H2,1-2H3,(H,28,32)(H,29,33)(H,30,31)/t23?,24-/m1/s1. The van der Waals surface area contributed by atoms with E-state index in [-0.39, 0.29) is 36.7 Å². The highest BCUT2D eigenvalue weighted by atomic mass is 16.5. The number of amides is 2. The predicted octanol–water partition coefficient (Wildman–Crippen LogP) is 4.31. The third kappa shape index (κ3) is 5.58. The first-order valence-electron chi connectivity index (χ1n) is 12.0. The molecule has 34 heavy (non-hydrogen) atoms. The van der Waals surface area contributed by atoms with Crippen molar-refractivity contribution in [2.45, 2.75) is 57.5 Å². The van der Waals surface area contributed by atoms with Crippen LogP contribution in [0.2, 0.25) is 0 Å². The van der Waals surface area contributed by atoms with Crippen LogP contribution in [-0.4, -0.2) is 41.8 Å². The summed E-state index contributed by atoms with van der Waals surface area (Å²) in [6, 6.07) is 15.0. The molecule has 1 unspecified atom stereocenters. The van der Waals surface area contributed by atoms with Gasteiger partial charge in [0, 0.05) is 12.0 Å². The van der Waals surface area contributed by atoms with E-state index in [2.05, 4.69) is 34.9 Å². The molecule has 0 radical (unpaired) electrons. The fourth-order valence-electron chi connectivity index (χ4n) is 4.79. The molecule has 0 spiro atoms. The van der Waals surface area contributed by atoms with Gasteiger partial charge in [-0.1, -0.05) is 62.4 Å². The lowest BCUT2D eigenvalue weighted by Crippen LogP contribution is -2.51. The van der Waals surface area contributed by atoms with E-state index in [1.54, 1.807) is 0 Å². The first-order chi connectivity index (χ1) is 16.3. The summed E-state index contributed by atoms with van der Waals surface area (Å²) >= 11 is 0. The number of fused-ring (bicyclic) bond motifs is 3. The van der Waals surface area contributed by atoms with E-state index in [1.165, 1.54) is 0 Å². The van der Waals surface area contributed by atoms with Gasteiger partial charge in [-0.3, -0.25) is 9.59 Å². The van der Waals surface area contributed by atoms with E-state index >= 15 is 0 Å². The Kier molecular flexibility index (Phi) is 7.20. The Bertz CT molecular complexity index is 1020. The topological polar surface area (TPSA) is 105 Å². The van der Waals surface area contributed by atoms with Gasteiger partial charge in [0.1, 0.15) is 12.6 Å². The van der Waals surface area contributed by atoms with Crippen LogP contribution in [0.5, 0.6) is 0 Å². The number of rotatable bonds is 10. The normalized spacial score (nSPS) is 16.3. The van der Waals surface area contributed by atoms with Gasteiger partial charge in [0.25, 0.3) is 0 Å². The lowest BCUT2D eigenvalue weighted by molar-refractivity contribution is -0.138. The molecule has 3 N–H and O–H groups in total. The number of benzene rings is 2. The van der Waals surface area contributed by atoms with E-state index < -0.39 is 24.1 Å². The van der Waals surface area contributed by atoms with Gasteiger partial charge in [-0.15, -0.1) is 0 Å². The van der Waals surface area contributed by atoms with Crippen LogP contribution in [0.4, 0.5) is 4.79 Å². The highest BCUT2D eigenvalue weighted by Gasteiger charge is 2.36. The van der Waals surface area contributed by atoms with E-state index in [1.807, 2.05) is 38.1 Å². The predicted molar refractivity (Wildman–Crippen MR) is 128 cm³/mol. The van der Waals surface area contributed by atoms with Crippen molar-refractivity contribution in [3.8, 4) is 11.1 Å². The van der Waals surface area contributed by atoms with Crippen molar-refractivity contribution >= 4 is 18.0 Å². The molecule has 0 aliphatic heterocycles. The van der Waals surface area contributed by atoms with Crippen LogP contribution in [0.25, 0.3) is 11.1 Å². The number of carboxylic acid groups (broad SMARTS) is 1. The number of carbonyl (C=O) groups excluding carboxylic acids is 2. The van der Waals surface area contributed by atoms with Crippen LogP contribution >= 0.6 is 0 Å². The SMILES string of the molecule is CC(C)C[C@@H](NC(=O)OCC1c2ccccc2-c2ccccc21)C(=O)NC(CC(=O)O)C1CC1. The zero-order valence-corrected chi connectivity index (χ0v) is 19.6. The lowest BCUT2D eigenvalue weighted by atomic mass is 9.98. The second-order valence-electron chi connectivity index (χ2n) is 9.70. The third-order valence-electron chi connectivity index (χ3n) is 6.57. The van der Waals surface area contributed by atoms with Crippen molar-refractivity contribution in [2.24, 2.45) is 11.8 Å². The second-order valence-corrected chi connectivity index (χ2v) is 9.70. The molecule has 4 rings (SSSR count). The molecule has 0 bridgehead atoms. The van der Waals surface area contributed by atoms with Gasteiger partial charge >= 0.3 is 12.1 Å². The number of hydrogen-bond acceptors (Lipinski definition) is 4. The summed E-state index contributed by atoms with van der Waals surface area (Å²) in [4.78, 5) is 36.9. The fourth-order valence-corrected chi connectivity index (χ4v) is 4.79. The Balaban J connectivity index is 1.40. The van der Waals surface area contributed by atoms with Crippen molar-refractivity contribution in [3.05, 3.63) is 59.7 Å². The van der Waals surface area contributed by atoms with Crippen LogP contribution in [0.15, 0.2) is 48.5 Å². The molecule has 1 fully saturated rings. The Morgan fingerprint density at radius 2 is 1.56 bits per heavy atom. The molecule has 7 nitrogen and oxygen atoms in total. The minimum atomic E-state index is -0.942. The molecular weight excluding hydrogens is 432 g/mol. The average molecular weight is 465 g/mol. The molecule has 2 aromatic rings. The number of alkyl carbamates (subject to hydrolysis) is 1. The highest BCUT2D eigenvalue weighted by molar-refractivity contribution is 5.86. The first kappa shape index (κ1) is 23.8. The van der Waals surface area contributed by atoms with Crippen molar-refractivity contribution < 1.29 is 24.2 Å². The molecule has 7 heteroatoms. The van der Waals surface area contributed by atoms with E-state index in [4.69, 9.17) is 4.74 Å². The number of hydrogen-bond donors (Lipinski definition) is 3. The molecule has 2 amide bonds. The number of ether oxygens (including phenoxy) is 1. The maximum absolute atomic E-state index is 13.0. The van der Waals surface area contributed by atoms with Crippen molar-refractivity contribution in [3.63, 3.8) is 0 Å². The van der Waals surface area contributed by atoms with Gasteiger partial charge in [0.05, 0.1) is 6.42 Å². The maximum Gasteiger partial charge on any atom is 0.407 e. The Morgan fingerprint density at radius 3 is 2.09 bits per heavy atom. The number of aliphatic carboxylic acids is 1. The van der Waals surface area contributed by atoms with Gasteiger partial charge < -0.3 is 20.5 Å². The number of carbonyl (C=O) groups is 3. The van der Waals surface area contributed by atoms with Gasteiger partial charge in [0.2, 0.25) is 5.91 Å². The monoisotopic (exact) mass is 464 g/mol. The zero-order chi connectivity index (χ0) is 24.2. The molecule has 0 aromatic heterocycles. The average Bonchev–Trinajstić information content (AvgIpc) is 3.59. The highest BCUT2D eigenvalue weighted by Crippen LogP contribution is 2.44. The summed E-state index contributed by atoms with van der Waals surface area (Å²) in [5.74, 6) is -1.02. The van der Waals surface area contributed by atoms with E-state index in [9.17, 15) is 19.5 Å². The smallest absolute Gasteiger partial charge is 0.407 e. The molecule has 2 atom stereocenters. The number of carboxylic acids is 1. The molecule has 2 aromatic carbocycles. The van der Waals surface area contributed by atoms with Gasteiger partial charge in [0.15, 0.2) is 0 Å². The molecule has 1 saturated carbocycles. The molecule has 0 heterocycles. The van der Waals surface area contributed by atoms with Crippen LogP contribution in [0.3, 0.4) is 0 Å². The molecule has 0 saturated heterocycles. The second kappa shape index (κ2) is 10.3. The molecule has 180 valence electrons. The Hall–Kier alpha value is -3.35. The van der Waals surface area contributed by atoms with Gasteiger partial charge in [-0.05, 0) is 53.4 Å². The van der Waals surface area contributed by atoms with Crippen LogP contribution < -0.4 is 10.6 Å². The summed E-state index contributed by atoms with van der Waals surface area (Å²) in [6.45, 7) is 4.10. The third-order valence-corrected chi connectivity index (χ3v) is 6.57. The maximum atomic E-state index is 13.0. The summed E-state index contributed by atoms with van der Waals surface area (Å²) in [7, 11) is 0.